The fourth-order valence-electron chi connectivity index (χ4n) is 2.11. The molecule has 2 heterocycles. The summed E-state index contributed by atoms with van der Waals surface area (Å²) in [5.74, 6) is -0.563. The zero-order valence-electron chi connectivity index (χ0n) is 11.6. The predicted octanol–water partition coefficient (Wildman–Crippen LogP) is -0.953. The van der Waals surface area contributed by atoms with Crippen LogP contribution in [0, 0.1) is 0 Å². The molecule has 1 unspecified atom stereocenters. The van der Waals surface area contributed by atoms with Gasteiger partial charge in [0.15, 0.2) is 0 Å². The van der Waals surface area contributed by atoms with Crippen LogP contribution in [-0.4, -0.2) is 76.0 Å². The molecule has 1 aliphatic rings. The normalized spacial score (nSPS) is 17.6. The minimum absolute atomic E-state index is 0. The third kappa shape index (κ3) is 5.39. The molecule has 22 heavy (non-hydrogen) atoms. The number of hydrogen-bond donors (Lipinski definition) is 2. The van der Waals surface area contributed by atoms with Gasteiger partial charge in [-0.3, -0.25) is 9.69 Å². The van der Waals surface area contributed by atoms with Crippen molar-refractivity contribution in [3.8, 4) is 0 Å². The highest BCUT2D eigenvalue weighted by Crippen LogP contribution is 2.24. The van der Waals surface area contributed by atoms with Crippen molar-refractivity contribution in [1.29, 1.82) is 0 Å². The van der Waals surface area contributed by atoms with Crippen molar-refractivity contribution >= 4 is 18.3 Å². The summed E-state index contributed by atoms with van der Waals surface area (Å²) < 4.78 is 40.4. The zero-order chi connectivity index (χ0) is 15.3. The summed E-state index contributed by atoms with van der Waals surface area (Å²) in [7, 11) is 0. The summed E-state index contributed by atoms with van der Waals surface area (Å²) >= 11 is 0. The Balaban J connectivity index is 0.00000242. The average Bonchev–Trinajstić information content (AvgIpc) is 2.91. The van der Waals surface area contributed by atoms with Crippen LogP contribution in [-0.2, 0) is 11.3 Å². The van der Waals surface area contributed by atoms with Crippen LogP contribution in [0.25, 0.3) is 0 Å². The van der Waals surface area contributed by atoms with Crippen molar-refractivity contribution in [2.45, 2.75) is 18.8 Å². The predicted molar refractivity (Wildman–Crippen MR) is 72.4 cm³/mol. The lowest BCUT2D eigenvalue weighted by atomic mass is 10.2. The number of piperazine rings is 1. The molecular formula is C10H17ClF3N7O. The first-order chi connectivity index (χ1) is 9.97. The molecule has 0 aromatic carbocycles. The average molecular weight is 344 g/mol. The highest BCUT2D eigenvalue weighted by atomic mass is 35.5. The molecule has 1 fully saturated rings. The number of hydrogen-bond acceptors (Lipinski definition) is 6. The summed E-state index contributed by atoms with van der Waals surface area (Å²) in [6.45, 7) is 0.917. The number of tetrazole rings is 1. The number of nitrogens with zero attached hydrogens (tertiary/aromatic N) is 5. The largest absolute Gasteiger partial charge is 0.405 e. The molecule has 1 aromatic rings. The maximum atomic E-state index is 13.1. The van der Waals surface area contributed by atoms with Gasteiger partial charge in [0.25, 0.3) is 0 Å². The van der Waals surface area contributed by atoms with Crippen molar-refractivity contribution in [3.63, 3.8) is 0 Å². The molecule has 0 radical (unpaired) electrons. The van der Waals surface area contributed by atoms with Crippen LogP contribution in [0.4, 0.5) is 13.2 Å². The highest BCUT2D eigenvalue weighted by molar-refractivity contribution is 5.85. The molecule has 0 saturated carbocycles. The topological polar surface area (TPSA) is 88.0 Å². The van der Waals surface area contributed by atoms with E-state index in [4.69, 9.17) is 0 Å². The van der Waals surface area contributed by atoms with E-state index in [1.807, 2.05) is 0 Å². The Bertz CT molecular complexity index is 450. The first-order valence-corrected chi connectivity index (χ1v) is 6.46. The number of carbonyl (C=O) groups is 1. The number of nitrogens with one attached hydrogen (secondary N) is 2. The van der Waals surface area contributed by atoms with E-state index in [1.165, 1.54) is 11.2 Å². The Morgan fingerprint density at radius 2 is 2.05 bits per heavy atom. The lowest BCUT2D eigenvalue weighted by Crippen LogP contribution is -2.57. The lowest BCUT2D eigenvalue weighted by Gasteiger charge is -2.35. The minimum atomic E-state index is -4.39. The van der Waals surface area contributed by atoms with Gasteiger partial charge in [0.1, 0.15) is 18.9 Å². The number of carbonyl (C=O) groups excluding carboxylic acids is 1. The lowest BCUT2D eigenvalue weighted by molar-refractivity contribution is -0.184. The van der Waals surface area contributed by atoms with Crippen LogP contribution in [0.3, 0.4) is 0 Å². The smallest absolute Gasteiger partial charge is 0.353 e. The van der Waals surface area contributed by atoms with Gasteiger partial charge in [-0.05, 0) is 10.4 Å². The SMILES string of the molecule is Cl.O=C(Cn1cnnn1)NCC(N1CCNCC1)C(F)(F)F. The minimum Gasteiger partial charge on any atom is -0.353 e. The standard InChI is InChI=1S/C10H16F3N7O.ClH/c11-10(12,13)8(19-3-1-14-2-4-19)5-15-9(21)6-20-7-16-17-18-20;/h7-8,14H,1-6H2,(H,15,21);1H. The quantitative estimate of drug-likeness (QED) is 0.716. The van der Waals surface area contributed by atoms with Crippen LogP contribution in [0.5, 0.6) is 0 Å². The van der Waals surface area contributed by atoms with Gasteiger partial charge in [0.05, 0.1) is 0 Å². The molecule has 2 N–H and O–H groups in total. The van der Waals surface area contributed by atoms with Crippen LogP contribution < -0.4 is 10.6 Å². The summed E-state index contributed by atoms with van der Waals surface area (Å²) in [5.41, 5.74) is 0. The van der Waals surface area contributed by atoms with Gasteiger partial charge in [-0.2, -0.15) is 13.2 Å². The molecule has 1 amide bonds. The molecule has 1 aromatic heterocycles. The molecule has 2 rings (SSSR count). The second-order valence-corrected chi connectivity index (χ2v) is 4.65. The van der Waals surface area contributed by atoms with E-state index in [0.29, 0.717) is 26.2 Å². The third-order valence-electron chi connectivity index (χ3n) is 3.16. The Morgan fingerprint density at radius 3 is 2.59 bits per heavy atom. The summed E-state index contributed by atoms with van der Waals surface area (Å²) in [6.07, 6.45) is -3.17. The van der Waals surface area contributed by atoms with Gasteiger partial charge in [0, 0.05) is 32.7 Å². The van der Waals surface area contributed by atoms with Gasteiger partial charge in [-0.1, -0.05) is 0 Å². The Labute approximate surface area is 130 Å². The summed E-state index contributed by atoms with van der Waals surface area (Å²) in [6, 6.07) is -1.68. The van der Waals surface area contributed by atoms with Crippen LogP contribution in [0.2, 0.25) is 0 Å². The van der Waals surface area contributed by atoms with Gasteiger partial charge >= 0.3 is 6.18 Å². The Hall–Kier alpha value is -1.46. The van der Waals surface area contributed by atoms with E-state index in [9.17, 15) is 18.0 Å². The van der Waals surface area contributed by atoms with Crippen molar-refractivity contribution in [1.82, 2.24) is 35.7 Å². The second-order valence-electron chi connectivity index (χ2n) is 4.65. The fraction of sp³-hybridized carbons (Fsp3) is 0.800. The maximum Gasteiger partial charge on any atom is 0.405 e. The van der Waals surface area contributed by atoms with E-state index >= 15 is 0 Å². The monoisotopic (exact) mass is 343 g/mol. The molecule has 0 spiro atoms. The highest BCUT2D eigenvalue weighted by Gasteiger charge is 2.43. The van der Waals surface area contributed by atoms with Gasteiger partial charge < -0.3 is 10.6 Å². The van der Waals surface area contributed by atoms with Crippen LogP contribution >= 0.6 is 12.4 Å². The molecule has 8 nitrogen and oxygen atoms in total. The van der Waals surface area contributed by atoms with E-state index in [0.717, 1.165) is 4.68 Å². The number of halogens is 4. The molecule has 126 valence electrons. The first kappa shape index (κ1) is 18.6. The molecule has 1 saturated heterocycles. The van der Waals surface area contributed by atoms with Crippen molar-refractivity contribution in [2.24, 2.45) is 0 Å². The van der Waals surface area contributed by atoms with E-state index in [-0.39, 0.29) is 19.0 Å². The van der Waals surface area contributed by atoms with Crippen LogP contribution in [0.1, 0.15) is 0 Å². The number of rotatable bonds is 5. The zero-order valence-corrected chi connectivity index (χ0v) is 12.4. The van der Waals surface area contributed by atoms with Crippen molar-refractivity contribution < 1.29 is 18.0 Å². The second kappa shape index (κ2) is 8.25. The number of alkyl halides is 3. The first-order valence-electron chi connectivity index (χ1n) is 6.46. The molecule has 0 bridgehead atoms. The third-order valence-corrected chi connectivity index (χ3v) is 3.16. The number of aromatic nitrogens is 4. The van der Waals surface area contributed by atoms with Gasteiger partial charge in [-0.25, -0.2) is 4.68 Å². The number of amides is 1. The molecule has 1 aliphatic heterocycles. The van der Waals surface area contributed by atoms with E-state index in [1.54, 1.807) is 0 Å². The van der Waals surface area contributed by atoms with Crippen molar-refractivity contribution in [2.75, 3.05) is 32.7 Å². The maximum absolute atomic E-state index is 13.1. The molecule has 12 heteroatoms. The Kier molecular flexibility index (Phi) is 6.97. The Morgan fingerprint density at radius 1 is 1.36 bits per heavy atom. The fourth-order valence-corrected chi connectivity index (χ4v) is 2.11. The van der Waals surface area contributed by atoms with E-state index < -0.39 is 24.7 Å². The van der Waals surface area contributed by atoms with Gasteiger partial charge in [0.2, 0.25) is 5.91 Å². The van der Waals surface area contributed by atoms with Crippen LogP contribution in [0.15, 0.2) is 6.33 Å². The van der Waals surface area contributed by atoms with E-state index in [2.05, 4.69) is 26.2 Å². The van der Waals surface area contributed by atoms with Gasteiger partial charge in [-0.15, -0.1) is 17.5 Å². The molecular weight excluding hydrogens is 327 g/mol. The van der Waals surface area contributed by atoms with Crippen molar-refractivity contribution in [3.05, 3.63) is 6.33 Å². The summed E-state index contributed by atoms with van der Waals surface area (Å²) in [4.78, 5) is 12.9. The molecule has 0 aliphatic carbocycles. The molecule has 1 atom stereocenters. The summed E-state index contributed by atoms with van der Waals surface area (Å²) in [5, 5.41) is 15.4.